The largest absolute Gasteiger partial charge is 0.481 e. The van der Waals surface area contributed by atoms with Crippen molar-refractivity contribution >= 4 is 11.9 Å². The Labute approximate surface area is 256 Å². The van der Waals surface area contributed by atoms with Gasteiger partial charge in [0, 0.05) is 12.8 Å². The molecule has 0 amide bonds. The third-order valence-electron chi connectivity index (χ3n) is 8.78. The molecule has 0 aliphatic carbocycles. The smallest absolute Gasteiger partial charge is 0.303 e. The molecule has 0 unspecified atom stereocenters. The number of unbranched alkanes of at least 4 members (excludes halogenated alkanes) is 32. The van der Waals surface area contributed by atoms with Crippen LogP contribution >= 0.6 is 0 Å². The van der Waals surface area contributed by atoms with Crippen molar-refractivity contribution in [3.8, 4) is 0 Å². The van der Waals surface area contributed by atoms with Gasteiger partial charge in [-0.15, -0.1) is 0 Å². The lowest BCUT2D eigenvalue weighted by Crippen LogP contribution is -1.93. The first kappa shape index (κ1) is 39.9. The van der Waals surface area contributed by atoms with Gasteiger partial charge in [0.25, 0.3) is 0 Å². The average Bonchev–Trinajstić information content (AvgIpc) is 2.94. The number of hydrogen-bond acceptors (Lipinski definition) is 2. The first-order valence-corrected chi connectivity index (χ1v) is 18.6. The highest BCUT2D eigenvalue weighted by Crippen LogP contribution is 2.17. The summed E-state index contributed by atoms with van der Waals surface area (Å²) in [6.45, 7) is 0. The van der Waals surface area contributed by atoms with E-state index in [1.54, 1.807) is 0 Å². The molecule has 4 heteroatoms. The summed E-state index contributed by atoms with van der Waals surface area (Å²) in [6.07, 6.45) is 44.9. The Morgan fingerprint density at radius 3 is 0.415 bits per heavy atom. The Hall–Kier alpha value is -1.06. The van der Waals surface area contributed by atoms with Gasteiger partial charge in [0.05, 0.1) is 0 Å². The molecule has 2 N–H and O–H groups in total. The van der Waals surface area contributed by atoms with Crippen LogP contribution in [0.25, 0.3) is 0 Å². The third-order valence-corrected chi connectivity index (χ3v) is 8.78. The Morgan fingerprint density at radius 1 is 0.220 bits per heavy atom. The fourth-order valence-corrected chi connectivity index (χ4v) is 6.03. The van der Waals surface area contributed by atoms with Crippen LogP contribution in [0.2, 0.25) is 0 Å². The summed E-state index contributed by atoms with van der Waals surface area (Å²) >= 11 is 0. The molecule has 244 valence electrons. The second-order valence-electron chi connectivity index (χ2n) is 13.0. The summed E-state index contributed by atoms with van der Waals surface area (Å²) in [7, 11) is 0. The molecule has 0 fully saturated rings. The quantitative estimate of drug-likeness (QED) is 0.0723. The van der Waals surface area contributed by atoms with E-state index in [9.17, 15) is 9.59 Å². The summed E-state index contributed by atoms with van der Waals surface area (Å²) in [6, 6.07) is 0. The van der Waals surface area contributed by atoms with Crippen LogP contribution in [0.4, 0.5) is 0 Å². The first-order valence-electron chi connectivity index (χ1n) is 18.6. The molecular formula is C37H72O4. The van der Waals surface area contributed by atoms with Gasteiger partial charge < -0.3 is 10.2 Å². The van der Waals surface area contributed by atoms with Crippen LogP contribution in [-0.2, 0) is 9.59 Å². The predicted molar refractivity (Wildman–Crippen MR) is 177 cm³/mol. The van der Waals surface area contributed by atoms with Crippen LogP contribution in [-0.4, -0.2) is 22.2 Å². The van der Waals surface area contributed by atoms with Crippen molar-refractivity contribution in [3.63, 3.8) is 0 Å². The predicted octanol–water partition coefficient (Wildman–Crippen LogP) is 12.8. The lowest BCUT2D eigenvalue weighted by molar-refractivity contribution is -0.138. The van der Waals surface area contributed by atoms with Gasteiger partial charge in [-0.3, -0.25) is 9.59 Å². The van der Waals surface area contributed by atoms with Crippen LogP contribution < -0.4 is 0 Å². The van der Waals surface area contributed by atoms with Gasteiger partial charge in [0.15, 0.2) is 0 Å². The molecule has 0 spiro atoms. The lowest BCUT2D eigenvalue weighted by Gasteiger charge is -2.05. The van der Waals surface area contributed by atoms with E-state index in [4.69, 9.17) is 10.2 Å². The number of aliphatic carboxylic acids is 2. The summed E-state index contributed by atoms with van der Waals surface area (Å²) in [5, 5.41) is 17.3. The molecule has 0 aromatic carbocycles. The van der Waals surface area contributed by atoms with Gasteiger partial charge in [0.2, 0.25) is 0 Å². The van der Waals surface area contributed by atoms with Crippen molar-refractivity contribution in [2.24, 2.45) is 0 Å². The van der Waals surface area contributed by atoms with E-state index < -0.39 is 11.9 Å². The maximum atomic E-state index is 10.5. The summed E-state index contributed by atoms with van der Waals surface area (Å²) in [4.78, 5) is 20.9. The van der Waals surface area contributed by atoms with E-state index in [1.165, 1.54) is 186 Å². The zero-order valence-corrected chi connectivity index (χ0v) is 27.5. The maximum Gasteiger partial charge on any atom is 0.303 e. The van der Waals surface area contributed by atoms with Crippen molar-refractivity contribution in [3.05, 3.63) is 0 Å². The normalized spacial score (nSPS) is 11.3. The van der Waals surface area contributed by atoms with Crippen LogP contribution in [0.1, 0.15) is 225 Å². The molecule has 0 heterocycles. The summed E-state index contributed by atoms with van der Waals surface area (Å²) in [5.41, 5.74) is 0. The molecule has 41 heavy (non-hydrogen) atoms. The Bertz CT molecular complexity index is 487. The SMILES string of the molecule is O=C(O)CCCCCCCCCCCCCCCCCCCCCCCCCCCCCCCCCCCC(=O)O. The number of carboxylic acids is 2. The maximum absolute atomic E-state index is 10.5. The lowest BCUT2D eigenvalue weighted by atomic mass is 10.0. The zero-order chi connectivity index (χ0) is 29.9. The van der Waals surface area contributed by atoms with Crippen molar-refractivity contribution < 1.29 is 19.8 Å². The molecule has 0 aromatic heterocycles. The first-order chi connectivity index (χ1) is 20.1. The zero-order valence-electron chi connectivity index (χ0n) is 27.5. The van der Waals surface area contributed by atoms with Gasteiger partial charge in [0.1, 0.15) is 0 Å². The van der Waals surface area contributed by atoms with Crippen molar-refractivity contribution in [1.82, 2.24) is 0 Å². The van der Waals surface area contributed by atoms with E-state index in [2.05, 4.69) is 0 Å². The minimum atomic E-state index is -0.654. The van der Waals surface area contributed by atoms with Crippen molar-refractivity contribution in [2.45, 2.75) is 225 Å². The summed E-state index contributed by atoms with van der Waals surface area (Å²) < 4.78 is 0. The van der Waals surface area contributed by atoms with E-state index >= 15 is 0 Å². The molecule has 0 atom stereocenters. The number of hydrogen-bond donors (Lipinski definition) is 2. The molecule has 4 nitrogen and oxygen atoms in total. The molecule has 0 saturated heterocycles. The van der Waals surface area contributed by atoms with E-state index in [0.29, 0.717) is 12.8 Å². The van der Waals surface area contributed by atoms with Crippen LogP contribution in [0.15, 0.2) is 0 Å². The van der Waals surface area contributed by atoms with Crippen LogP contribution in [0, 0.1) is 0 Å². The highest BCUT2D eigenvalue weighted by molar-refractivity contribution is 5.66. The van der Waals surface area contributed by atoms with Gasteiger partial charge in [-0.05, 0) is 12.8 Å². The van der Waals surface area contributed by atoms with Gasteiger partial charge in [-0.1, -0.05) is 199 Å². The Morgan fingerprint density at radius 2 is 0.317 bits per heavy atom. The standard InChI is InChI=1S/C37H72O4/c38-36(39)34-32-30-28-26-24-22-20-18-16-14-12-10-8-6-4-2-1-3-5-7-9-11-13-15-17-19-21-23-25-27-29-31-33-35-37(40)41/h1-35H2,(H,38,39)(H,40,41). The molecular weight excluding hydrogens is 508 g/mol. The topological polar surface area (TPSA) is 74.6 Å². The monoisotopic (exact) mass is 581 g/mol. The van der Waals surface area contributed by atoms with Crippen molar-refractivity contribution in [1.29, 1.82) is 0 Å². The molecule has 0 radical (unpaired) electrons. The molecule has 0 bridgehead atoms. The highest BCUT2D eigenvalue weighted by Gasteiger charge is 1.99. The van der Waals surface area contributed by atoms with Crippen molar-refractivity contribution in [2.75, 3.05) is 0 Å². The third kappa shape index (κ3) is 38.9. The highest BCUT2D eigenvalue weighted by atomic mass is 16.4. The molecule has 0 saturated carbocycles. The molecule has 0 aliphatic heterocycles. The van der Waals surface area contributed by atoms with Gasteiger partial charge in [-0.2, -0.15) is 0 Å². The van der Waals surface area contributed by atoms with Gasteiger partial charge in [-0.25, -0.2) is 0 Å². The molecule has 0 rings (SSSR count). The second-order valence-corrected chi connectivity index (χ2v) is 13.0. The average molecular weight is 581 g/mol. The number of rotatable bonds is 36. The fraction of sp³-hybridized carbons (Fsp3) is 0.946. The van der Waals surface area contributed by atoms with E-state index in [0.717, 1.165) is 25.7 Å². The number of carboxylic acid groups (broad SMARTS) is 2. The minimum absolute atomic E-state index is 0.340. The molecule has 0 aliphatic rings. The Kier molecular flexibility index (Phi) is 34.2. The van der Waals surface area contributed by atoms with Gasteiger partial charge >= 0.3 is 11.9 Å². The minimum Gasteiger partial charge on any atom is -0.481 e. The van der Waals surface area contributed by atoms with E-state index in [-0.39, 0.29) is 0 Å². The fourth-order valence-electron chi connectivity index (χ4n) is 6.03. The van der Waals surface area contributed by atoms with Crippen LogP contribution in [0.5, 0.6) is 0 Å². The molecule has 0 aromatic rings. The van der Waals surface area contributed by atoms with E-state index in [1.807, 2.05) is 0 Å². The Balaban J connectivity index is 3.04. The second kappa shape index (κ2) is 35.1. The summed E-state index contributed by atoms with van der Waals surface area (Å²) in [5.74, 6) is -1.31. The van der Waals surface area contributed by atoms with Crippen LogP contribution in [0.3, 0.4) is 0 Å². The number of carbonyl (C=O) groups is 2.